The number of Topliss-reactive ketones (excluding diaryl/α,β-unsaturated/α-hetero) is 1. The van der Waals surface area contributed by atoms with Gasteiger partial charge in [-0.2, -0.15) is 0 Å². The van der Waals surface area contributed by atoms with Crippen LogP contribution in [0.15, 0.2) is 36.4 Å². The molecule has 0 spiro atoms. The van der Waals surface area contributed by atoms with Gasteiger partial charge >= 0.3 is 6.03 Å². The molecule has 0 radical (unpaired) electrons. The molecule has 0 bridgehead atoms. The first-order valence-electron chi connectivity index (χ1n) is 8.33. The number of rotatable bonds is 4. The van der Waals surface area contributed by atoms with Crippen molar-refractivity contribution in [2.45, 2.75) is 26.3 Å². The van der Waals surface area contributed by atoms with Crippen molar-refractivity contribution in [3.05, 3.63) is 69.5 Å². The molecule has 0 saturated carbocycles. The van der Waals surface area contributed by atoms with Crippen LogP contribution in [-0.2, 0) is 10.3 Å². The quantitative estimate of drug-likeness (QED) is 0.640. The van der Waals surface area contributed by atoms with E-state index in [4.69, 9.17) is 11.6 Å². The van der Waals surface area contributed by atoms with E-state index in [0.717, 1.165) is 28.2 Å². The fourth-order valence-corrected chi connectivity index (χ4v) is 3.63. The summed E-state index contributed by atoms with van der Waals surface area (Å²) in [5, 5.41) is 2.59. The van der Waals surface area contributed by atoms with Gasteiger partial charge < -0.3 is 5.32 Å². The van der Waals surface area contributed by atoms with Crippen molar-refractivity contribution < 1.29 is 18.8 Å². The molecule has 3 amide bonds. The molecular formula is C20H18ClFN2O3. The molecule has 3 rings (SSSR count). The van der Waals surface area contributed by atoms with Gasteiger partial charge in [-0.15, -0.1) is 0 Å². The molecule has 1 N–H and O–H groups in total. The summed E-state index contributed by atoms with van der Waals surface area (Å²) in [4.78, 5) is 38.8. The highest BCUT2D eigenvalue weighted by Crippen LogP contribution is 2.34. The predicted octanol–water partition coefficient (Wildman–Crippen LogP) is 3.75. The third-order valence-corrected chi connectivity index (χ3v) is 5.04. The third-order valence-electron chi connectivity index (χ3n) is 4.73. The molecule has 0 aromatic heterocycles. The molecule has 2 aromatic rings. The summed E-state index contributed by atoms with van der Waals surface area (Å²) < 4.78 is 13.3. The van der Waals surface area contributed by atoms with Crippen LogP contribution in [0.25, 0.3) is 0 Å². The Morgan fingerprint density at radius 2 is 1.89 bits per heavy atom. The van der Waals surface area contributed by atoms with Crippen LogP contribution in [0.2, 0.25) is 5.02 Å². The van der Waals surface area contributed by atoms with Crippen LogP contribution in [0.5, 0.6) is 0 Å². The maximum atomic E-state index is 13.3. The molecule has 140 valence electrons. The lowest BCUT2D eigenvalue weighted by Crippen LogP contribution is -2.41. The number of ketones is 1. The topological polar surface area (TPSA) is 66.5 Å². The standard InChI is InChI=1S/C20H18ClFN2O3/c1-11-4-6-14(12(2)8-11)17(25)10-24-18(26)20(3,23-19(24)27)15-7-5-13(22)9-16(15)21/h4-9H,10H2,1-3H3,(H,23,27). The minimum absolute atomic E-state index is 0.0219. The monoisotopic (exact) mass is 388 g/mol. The zero-order valence-corrected chi connectivity index (χ0v) is 15.9. The van der Waals surface area contributed by atoms with E-state index in [2.05, 4.69) is 5.32 Å². The van der Waals surface area contributed by atoms with Crippen molar-refractivity contribution in [2.24, 2.45) is 0 Å². The Bertz CT molecular complexity index is 976. The first-order chi connectivity index (χ1) is 12.6. The molecule has 2 aromatic carbocycles. The van der Waals surface area contributed by atoms with Gasteiger partial charge in [0, 0.05) is 16.1 Å². The fraction of sp³-hybridized carbons (Fsp3) is 0.250. The van der Waals surface area contributed by atoms with E-state index in [1.54, 1.807) is 19.1 Å². The summed E-state index contributed by atoms with van der Waals surface area (Å²) in [7, 11) is 0. The Balaban J connectivity index is 1.89. The summed E-state index contributed by atoms with van der Waals surface area (Å²) >= 11 is 6.07. The average molecular weight is 389 g/mol. The van der Waals surface area contributed by atoms with Crippen molar-refractivity contribution >= 4 is 29.3 Å². The maximum absolute atomic E-state index is 13.3. The second kappa shape index (κ2) is 6.78. The van der Waals surface area contributed by atoms with E-state index >= 15 is 0 Å². The van der Waals surface area contributed by atoms with Crippen LogP contribution in [-0.4, -0.2) is 29.2 Å². The minimum atomic E-state index is -1.47. The Morgan fingerprint density at radius 3 is 2.52 bits per heavy atom. The Hall–Kier alpha value is -2.73. The van der Waals surface area contributed by atoms with Crippen LogP contribution < -0.4 is 5.32 Å². The third kappa shape index (κ3) is 3.32. The lowest BCUT2D eigenvalue weighted by Gasteiger charge is -2.23. The lowest BCUT2D eigenvalue weighted by atomic mass is 9.91. The lowest BCUT2D eigenvalue weighted by molar-refractivity contribution is -0.130. The number of halogens is 2. The van der Waals surface area contributed by atoms with E-state index in [1.807, 2.05) is 13.0 Å². The highest BCUT2D eigenvalue weighted by molar-refractivity contribution is 6.32. The van der Waals surface area contributed by atoms with Gasteiger partial charge in [-0.1, -0.05) is 41.4 Å². The van der Waals surface area contributed by atoms with E-state index < -0.39 is 23.3 Å². The number of carbonyl (C=O) groups is 3. The zero-order chi connectivity index (χ0) is 19.9. The van der Waals surface area contributed by atoms with Crippen molar-refractivity contribution in [3.63, 3.8) is 0 Å². The van der Waals surface area contributed by atoms with Crippen LogP contribution in [0.3, 0.4) is 0 Å². The van der Waals surface area contributed by atoms with Gasteiger partial charge in [0.25, 0.3) is 5.91 Å². The van der Waals surface area contributed by atoms with Gasteiger partial charge in [-0.05, 0) is 38.5 Å². The first kappa shape index (κ1) is 19.0. The number of hydrogen-bond acceptors (Lipinski definition) is 3. The van der Waals surface area contributed by atoms with Gasteiger partial charge in [0.2, 0.25) is 0 Å². The first-order valence-corrected chi connectivity index (χ1v) is 8.71. The fourth-order valence-electron chi connectivity index (χ4n) is 3.27. The second-order valence-corrected chi connectivity index (χ2v) is 7.22. The van der Waals surface area contributed by atoms with Gasteiger partial charge in [-0.3, -0.25) is 14.5 Å². The Kier molecular flexibility index (Phi) is 4.78. The van der Waals surface area contributed by atoms with E-state index in [0.29, 0.717) is 5.56 Å². The summed E-state index contributed by atoms with van der Waals surface area (Å²) in [5.74, 6) is -1.50. The Morgan fingerprint density at radius 1 is 1.19 bits per heavy atom. The Labute approximate surface area is 161 Å². The number of imide groups is 1. The number of nitrogens with zero attached hydrogens (tertiary/aromatic N) is 1. The predicted molar refractivity (Wildman–Crippen MR) is 99.3 cm³/mol. The molecule has 27 heavy (non-hydrogen) atoms. The van der Waals surface area contributed by atoms with E-state index in [9.17, 15) is 18.8 Å². The molecule has 1 fully saturated rings. The number of carbonyl (C=O) groups excluding carboxylic acids is 3. The smallest absolute Gasteiger partial charge is 0.319 e. The number of aryl methyl sites for hydroxylation is 2. The number of amides is 3. The van der Waals surface area contributed by atoms with Crippen LogP contribution in [0.1, 0.15) is 34.0 Å². The van der Waals surface area contributed by atoms with Gasteiger partial charge in [-0.25, -0.2) is 9.18 Å². The van der Waals surface area contributed by atoms with Gasteiger partial charge in [0.15, 0.2) is 5.78 Å². The molecule has 0 aliphatic carbocycles. The van der Waals surface area contributed by atoms with Crippen molar-refractivity contribution in [2.75, 3.05) is 6.54 Å². The zero-order valence-electron chi connectivity index (χ0n) is 15.1. The molecule has 7 heteroatoms. The van der Waals surface area contributed by atoms with E-state index in [-0.39, 0.29) is 22.9 Å². The highest BCUT2D eigenvalue weighted by atomic mass is 35.5. The van der Waals surface area contributed by atoms with Crippen LogP contribution in [0.4, 0.5) is 9.18 Å². The molecule has 5 nitrogen and oxygen atoms in total. The van der Waals surface area contributed by atoms with Gasteiger partial charge in [0.1, 0.15) is 11.4 Å². The average Bonchev–Trinajstić information content (AvgIpc) is 2.78. The number of urea groups is 1. The number of nitrogens with one attached hydrogen (secondary N) is 1. The second-order valence-electron chi connectivity index (χ2n) is 6.81. The largest absolute Gasteiger partial charge is 0.325 e. The van der Waals surface area contributed by atoms with Crippen molar-refractivity contribution in [1.29, 1.82) is 0 Å². The highest BCUT2D eigenvalue weighted by Gasteiger charge is 2.50. The summed E-state index contributed by atoms with van der Waals surface area (Å²) in [6, 6.07) is 8.24. The molecule has 1 saturated heterocycles. The van der Waals surface area contributed by atoms with Gasteiger partial charge in [0.05, 0.1) is 6.54 Å². The van der Waals surface area contributed by atoms with Crippen LogP contribution >= 0.6 is 11.6 Å². The molecular weight excluding hydrogens is 371 g/mol. The normalized spacial score (nSPS) is 19.4. The SMILES string of the molecule is Cc1ccc(C(=O)CN2C(=O)NC(C)(c3ccc(F)cc3Cl)C2=O)c(C)c1. The summed E-state index contributed by atoms with van der Waals surface area (Å²) in [5.41, 5.74) is 1.04. The molecule has 1 aliphatic rings. The molecule has 1 atom stereocenters. The number of hydrogen-bond donors (Lipinski definition) is 1. The minimum Gasteiger partial charge on any atom is -0.319 e. The molecule has 1 heterocycles. The molecule has 1 unspecified atom stereocenters. The maximum Gasteiger partial charge on any atom is 0.325 e. The number of benzene rings is 2. The van der Waals surface area contributed by atoms with Crippen molar-refractivity contribution in [3.8, 4) is 0 Å². The summed E-state index contributed by atoms with van der Waals surface area (Å²) in [6.45, 7) is 4.81. The summed E-state index contributed by atoms with van der Waals surface area (Å²) in [6.07, 6.45) is 0. The van der Waals surface area contributed by atoms with Crippen molar-refractivity contribution in [1.82, 2.24) is 10.2 Å². The van der Waals surface area contributed by atoms with Crippen LogP contribution in [0, 0.1) is 19.7 Å². The molecule has 1 aliphatic heterocycles. The van der Waals surface area contributed by atoms with E-state index in [1.165, 1.54) is 13.0 Å².